The van der Waals surface area contributed by atoms with Crippen molar-refractivity contribution in [1.29, 1.82) is 0 Å². The maximum Gasteiger partial charge on any atom is 0.516 e. The number of amides is 5. The van der Waals surface area contributed by atoms with Gasteiger partial charge in [-0.25, -0.2) is 41.9 Å². The van der Waals surface area contributed by atoms with Crippen LogP contribution in [0.5, 0.6) is 0 Å². The molecule has 29 nitrogen and oxygen atoms in total. The lowest BCUT2D eigenvalue weighted by Crippen LogP contribution is -2.54. The average Bonchev–Trinajstić information content (AvgIpc) is 1.62. The number of alkyl carbamates (subject to hydrolysis) is 3. The first-order chi connectivity index (χ1) is 69.3. The Bertz CT molecular complexity index is 5880. The van der Waals surface area contributed by atoms with Gasteiger partial charge >= 0.3 is 60.3 Å². The highest BCUT2D eigenvalue weighted by Crippen LogP contribution is 2.48. The fourth-order valence-electron chi connectivity index (χ4n) is 16.6. The maximum atomic E-state index is 13.4. The summed E-state index contributed by atoms with van der Waals surface area (Å²) in [5.74, 6) is -6.28. The van der Waals surface area contributed by atoms with Crippen LogP contribution in [0.2, 0.25) is 0 Å². The van der Waals surface area contributed by atoms with E-state index in [2.05, 4.69) is 38.7 Å². The smallest absolute Gasteiger partial charge is 0.480 e. The van der Waals surface area contributed by atoms with E-state index in [1.165, 1.54) is 36.4 Å². The molecule has 0 aliphatic heterocycles. The summed E-state index contributed by atoms with van der Waals surface area (Å²) in [6.45, 7) is 36.0. The molecule has 148 heavy (non-hydrogen) atoms. The monoisotopic (exact) mass is 2040 g/mol. The molecular formula is C116H144F3N7O22. The largest absolute Gasteiger partial charge is 0.516 e. The van der Waals surface area contributed by atoms with Crippen LogP contribution in [-0.2, 0) is 100 Å². The molecule has 0 saturated heterocycles. The highest BCUT2D eigenvalue weighted by molar-refractivity contribution is 5.90. The first-order valence-electron chi connectivity index (χ1n) is 49.6. The third-order valence-corrected chi connectivity index (χ3v) is 23.1. The summed E-state index contributed by atoms with van der Waals surface area (Å²) in [7, 11) is 0. The van der Waals surface area contributed by atoms with Crippen LogP contribution < -0.4 is 38.1 Å². The number of benzene rings is 9. The number of fused-ring (bicyclic) bond motifs is 9. The number of nitrogens with two attached hydrogens (primary N) is 2. The van der Waals surface area contributed by atoms with E-state index in [9.17, 15) is 75.8 Å². The number of hydrogen-bond donors (Lipinski definition) is 8. The number of hydrogen-bond acceptors (Lipinski definition) is 23. The van der Waals surface area contributed by atoms with Gasteiger partial charge in [-0.15, -0.1) is 0 Å². The van der Waals surface area contributed by atoms with Gasteiger partial charge in [-0.2, -0.15) is 0 Å². The van der Waals surface area contributed by atoms with Crippen molar-refractivity contribution in [3.63, 3.8) is 0 Å². The van der Waals surface area contributed by atoms with Crippen LogP contribution in [0.15, 0.2) is 218 Å². The van der Waals surface area contributed by atoms with Crippen LogP contribution >= 0.6 is 0 Å². The number of halogens is 3. The molecule has 1 unspecified atom stereocenters. The minimum absolute atomic E-state index is 0.0254. The summed E-state index contributed by atoms with van der Waals surface area (Å²) in [5.41, 5.74) is 23.4. The fraction of sp³-hybridized carbons (Fsp3) is 0.431. The van der Waals surface area contributed by atoms with Gasteiger partial charge < -0.3 is 85.8 Å². The second-order valence-electron chi connectivity index (χ2n) is 42.7. The van der Waals surface area contributed by atoms with Gasteiger partial charge in [0.1, 0.15) is 83.9 Å². The molecule has 32 heteroatoms. The standard InChI is InChI=1S/C34H39FN2O5.C29H35NO8.C24H27NO6.C19H29FN2O3.C10H14FN/c1-33(2,3)42-30(38)19-18-29(31(39)37-34(4,5)20-22-14-16-23(35)17-15-22)36-32(40)41-21-28-26-12-8-6-10-24(26)25-11-7-9-13-27(25)28;1-6-18(2)36-28(34)37-26(32)24(15-16-25(31)38-29(3,4)5)30-27(33)35-17-23-21-13-9-7-11-19(21)20-12-8-10-14-22(20)23;1-24(2,3)31-21(26)13-12-20(22(27)28)25-23(29)30-14-19-17-10-6-4-8-15(17)16-9-5-7-11-18(16)19;1-18(2,3)25-16(23)11-10-15(21)17(24)22-19(4,5)12-13-6-8-14(20)9-7-13;1-10(2,12)7-8-3-5-9(11)6-4-8/h6-17,28-29H,18-21H2,1-5H3,(H,36,40)(H,37,39);7-14,18,23-24H,6,15-17H2,1-5H3,(H,30,33);4-11,19-20H,12-14H2,1-3H3,(H,25,29)(H,27,28);6-9,15H,10-12,21H2,1-5H3,(H,22,24);3-6H,7,12H2,1-2H3/t29-;18?,24-;20-;15-;/m0000./s1. The fourth-order valence-corrected chi connectivity index (χ4v) is 16.6. The van der Waals surface area contributed by atoms with Crippen LogP contribution in [0.1, 0.15) is 264 Å². The van der Waals surface area contributed by atoms with E-state index in [4.69, 9.17) is 54.1 Å². The number of nitrogens with one attached hydrogen (secondary N) is 5. The van der Waals surface area contributed by atoms with E-state index < -0.39 is 124 Å². The number of carbonyl (C=O) groups is 12. The second-order valence-corrected chi connectivity index (χ2v) is 42.7. The quantitative estimate of drug-likeness (QED) is 0.0104. The molecular weight excluding hydrogens is 1900 g/mol. The molecule has 3 aliphatic carbocycles. The van der Waals surface area contributed by atoms with Crippen molar-refractivity contribution in [2.45, 2.75) is 303 Å². The summed E-state index contributed by atoms with van der Waals surface area (Å²) in [4.78, 5) is 148. The summed E-state index contributed by atoms with van der Waals surface area (Å²) < 4.78 is 86.2. The van der Waals surface area contributed by atoms with Gasteiger partial charge in [-0.1, -0.05) is 189 Å². The Balaban J connectivity index is 0.000000235. The summed E-state index contributed by atoms with van der Waals surface area (Å²) in [6.07, 6.45) is -2.14. The van der Waals surface area contributed by atoms with E-state index in [0.717, 1.165) is 89.9 Å². The van der Waals surface area contributed by atoms with Crippen molar-refractivity contribution in [2.75, 3.05) is 19.8 Å². The van der Waals surface area contributed by atoms with Gasteiger partial charge in [-0.3, -0.25) is 28.8 Å². The predicted molar refractivity (Wildman–Crippen MR) is 557 cm³/mol. The van der Waals surface area contributed by atoms with E-state index in [-0.39, 0.29) is 124 Å². The molecule has 0 bridgehead atoms. The van der Waals surface area contributed by atoms with Crippen molar-refractivity contribution in [1.82, 2.24) is 26.6 Å². The number of ether oxygens (including phenoxy) is 9. The first-order valence-corrected chi connectivity index (χ1v) is 49.6. The van der Waals surface area contributed by atoms with Crippen molar-refractivity contribution < 1.29 is 118 Å². The number of rotatable bonds is 35. The van der Waals surface area contributed by atoms with E-state index in [1.54, 1.807) is 126 Å². The topological polar surface area (TPSA) is 420 Å². The van der Waals surface area contributed by atoms with Crippen LogP contribution in [0.3, 0.4) is 0 Å². The van der Waals surface area contributed by atoms with Crippen molar-refractivity contribution in [3.05, 3.63) is 286 Å². The van der Waals surface area contributed by atoms with Crippen LogP contribution in [0.25, 0.3) is 33.4 Å². The van der Waals surface area contributed by atoms with Crippen molar-refractivity contribution in [2.24, 2.45) is 11.5 Å². The van der Waals surface area contributed by atoms with Gasteiger partial charge in [0.2, 0.25) is 11.8 Å². The molecule has 0 radical (unpaired) electrons. The Morgan fingerprint density at radius 2 is 0.608 bits per heavy atom. The molecule has 10 N–H and O–H groups in total. The van der Waals surface area contributed by atoms with Crippen molar-refractivity contribution in [3.8, 4) is 33.4 Å². The molecule has 796 valence electrons. The maximum absolute atomic E-state index is 13.4. The van der Waals surface area contributed by atoms with Gasteiger partial charge in [0.25, 0.3) is 0 Å². The number of carboxylic acids is 1. The van der Waals surface area contributed by atoms with E-state index in [0.29, 0.717) is 19.3 Å². The lowest BCUT2D eigenvalue weighted by Gasteiger charge is -2.29. The average molecular weight is 2050 g/mol. The van der Waals surface area contributed by atoms with E-state index in [1.807, 2.05) is 182 Å². The minimum atomic E-state index is -1.33. The minimum Gasteiger partial charge on any atom is -0.480 e. The molecule has 0 aromatic heterocycles. The normalized spacial score (nSPS) is 13.4. The molecule has 9 aromatic carbocycles. The van der Waals surface area contributed by atoms with Gasteiger partial charge in [0.15, 0.2) is 0 Å². The molecule has 3 aliphatic rings. The second kappa shape index (κ2) is 53.9. The molecule has 0 saturated carbocycles. The zero-order chi connectivity index (χ0) is 109. The zero-order valence-electron chi connectivity index (χ0n) is 88.3. The summed E-state index contributed by atoms with van der Waals surface area (Å²) >= 11 is 0. The number of carboxylic acid groups (broad SMARTS) is 1. The Kier molecular flexibility index (Phi) is 43.3. The van der Waals surface area contributed by atoms with Crippen LogP contribution in [0.4, 0.5) is 32.3 Å². The van der Waals surface area contributed by atoms with Gasteiger partial charge in [-0.05, 0) is 303 Å². The molecule has 0 spiro atoms. The lowest BCUT2D eigenvalue weighted by atomic mass is 9.94. The number of aliphatic carboxylic acids is 1. The molecule has 12 rings (SSSR count). The predicted octanol–water partition coefficient (Wildman–Crippen LogP) is 20.7. The zero-order valence-corrected chi connectivity index (χ0v) is 88.3. The molecule has 0 fully saturated rings. The van der Waals surface area contributed by atoms with E-state index >= 15 is 0 Å². The molecule has 0 heterocycles. The molecule has 9 aromatic rings. The third kappa shape index (κ3) is 40.5. The highest BCUT2D eigenvalue weighted by atomic mass is 19.1. The van der Waals surface area contributed by atoms with Crippen molar-refractivity contribution >= 4 is 72.1 Å². The Labute approximate surface area is 865 Å². The Morgan fingerprint density at radius 1 is 0.351 bits per heavy atom. The van der Waals surface area contributed by atoms with Gasteiger partial charge in [0, 0.05) is 60.1 Å². The molecule has 5 atom stereocenters. The van der Waals surface area contributed by atoms with Gasteiger partial charge in [0.05, 0.1) is 6.04 Å². The summed E-state index contributed by atoms with van der Waals surface area (Å²) in [5, 5.41) is 22.7. The lowest BCUT2D eigenvalue weighted by molar-refractivity contribution is -0.156. The Morgan fingerprint density at radius 3 is 0.892 bits per heavy atom. The van der Waals surface area contributed by atoms with Crippen LogP contribution in [0, 0.1) is 17.5 Å². The highest BCUT2D eigenvalue weighted by Gasteiger charge is 2.38. The number of esters is 5. The SMILES string of the molecule is CC(C)(C)OC(=O)CC[C@H](NC(=O)OCC1c2ccccc2-c2ccccc21)C(=O)O.CC(C)(Cc1ccc(F)cc1)NC(=O)[C@@H](N)CCC(=O)OC(C)(C)C.CC(C)(Cc1ccc(F)cc1)NC(=O)[C@H](CCC(=O)OC(C)(C)C)NC(=O)OCC1c2ccccc2-c2ccccc21.CC(C)(N)Cc1ccc(F)cc1.CCC(C)OC(=O)OC(=O)[C@H](CCC(=O)OC(C)(C)C)NC(=O)OCC1c2ccccc2-c2ccccc21. The third-order valence-electron chi connectivity index (χ3n) is 23.1. The number of carbonyl (C=O) groups excluding carboxylic acids is 11. The Hall–Kier alpha value is -14.3. The summed E-state index contributed by atoms with van der Waals surface area (Å²) in [6, 6.07) is 62.0. The van der Waals surface area contributed by atoms with Crippen LogP contribution in [-0.4, -0.2) is 166 Å². The first kappa shape index (κ1) is 119. The molecule has 5 amide bonds.